The highest BCUT2D eigenvalue weighted by Gasteiger charge is 2.40. The molecule has 23 heteroatoms. The quantitative estimate of drug-likeness (QED) is 0.0245. The number of rotatable bonds is 27. The summed E-state index contributed by atoms with van der Waals surface area (Å²) in [5.74, 6) is -5.54. The summed E-state index contributed by atoms with van der Waals surface area (Å²) in [6.45, 7) is 12.2. The molecule has 0 aliphatic carbocycles. The van der Waals surface area contributed by atoms with Gasteiger partial charge in [0.1, 0.15) is 47.9 Å². The van der Waals surface area contributed by atoms with E-state index in [0.29, 0.717) is 17.5 Å². The standard InChI is InChI=1S/C69H84N12O11/c1-39(2)28-53(77-64(86)56(80-68(90)92-69(5,6)7)31-42-35-71-50-23-14-10-19-46(42)50)61(83)78-57(32-43-36-72-51-24-15-11-20-47(43)51)66(88)81-27-17-26-59(81)65(87)74-38-60(82)75-55(30-41-34-70-49-22-13-9-18-45(41)49)63(85)76-54(29-40(3)4)62(84)79-58(67(89)91-8)33-44-37-73-52-25-16-12-21-48(44)52/h9-16,18-25,34-37,39-40,53-59,70-73H,17,26-33,38H2,1-8H3,(H,74,87)(H,75,82)(H,76,85)(H,77,86)(H,78,83)(H,79,84)(H,80,90)/t53-,54-,55-,56-,57-,58-,59+/m0/s1. The van der Waals surface area contributed by atoms with E-state index in [0.717, 1.165) is 54.7 Å². The van der Waals surface area contributed by atoms with Crippen molar-refractivity contribution < 1.29 is 52.6 Å². The van der Waals surface area contributed by atoms with Gasteiger partial charge in [0.15, 0.2) is 0 Å². The summed E-state index contributed by atoms with van der Waals surface area (Å²) >= 11 is 0. The number of methoxy groups -OCH3 is 1. The highest BCUT2D eigenvalue weighted by atomic mass is 16.6. The fourth-order valence-corrected chi connectivity index (χ4v) is 12.0. The molecular formula is C69H84N12O11. The highest BCUT2D eigenvalue weighted by molar-refractivity contribution is 5.99. The molecule has 1 aliphatic heterocycles. The number of likely N-dealkylation sites (tertiary alicyclic amines) is 1. The summed E-state index contributed by atoms with van der Waals surface area (Å²) in [6.07, 6.45) is 7.26. The Kier molecular flexibility index (Phi) is 21.5. The monoisotopic (exact) mass is 1260 g/mol. The van der Waals surface area contributed by atoms with E-state index >= 15 is 4.79 Å². The number of aromatic nitrogens is 4. The van der Waals surface area contributed by atoms with Gasteiger partial charge in [-0.3, -0.25) is 33.6 Å². The number of alkyl carbamates (subject to hydrolysis) is 1. The van der Waals surface area contributed by atoms with Crippen molar-refractivity contribution in [3.05, 3.63) is 144 Å². The van der Waals surface area contributed by atoms with Gasteiger partial charge >= 0.3 is 12.1 Å². The molecule has 5 heterocycles. The van der Waals surface area contributed by atoms with E-state index in [1.54, 1.807) is 45.6 Å². The molecule has 11 N–H and O–H groups in total. The molecular weight excluding hydrogens is 1170 g/mol. The normalized spacial score (nSPS) is 15.3. The second-order valence-corrected chi connectivity index (χ2v) is 25.5. The Morgan fingerprint density at radius 1 is 0.500 bits per heavy atom. The Balaban J connectivity index is 0.906. The molecule has 486 valence electrons. The second-order valence-electron chi connectivity index (χ2n) is 25.5. The van der Waals surface area contributed by atoms with E-state index in [2.05, 4.69) is 57.2 Å². The van der Waals surface area contributed by atoms with Gasteiger partial charge in [0.05, 0.1) is 13.7 Å². The summed E-state index contributed by atoms with van der Waals surface area (Å²) in [5, 5.41) is 23.1. The Bertz CT molecular complexity index is 3960. The molecule has 4 aromatic carbocycles. The van der Waals surface area contributed by atoms with Crippen molar-refractivity contribution >= 4 is 97.0 Å². The molecule has 0 radical (unpaired) electrons. The van der Waals surface area contributed by atoms with E-state index in [4.69, 9.17) is 9.47 Å². The maximum Gasteiger partial charge on any atom is 0.408 e. The number of nitrogens with one attached hydrogen (secondary N) is 11. The van der Waals surface area contributed by atoms with Crippen LogP contribution in [0.25, 0.3) is 43.6 Å². The third kappa shape index (κ3) is 16.9. The van der Waals surface area contributed by atoms with Crippen LogP contribution in [-0.2, 0) is 73.5 Å². The maximum absolute atomic E-state index is 15.2. The molecule has 23 nitrogen and oxygen atoms in total. The van der Waals surface area contributed by atoms with Gasteiger partial charge in [0.2, 0.25) is 41.4 Å². The first-order valence-electron chi connectivity index (χ1n) is 31.4. The topological polar surface area (TPSA) is 323 Å². The minimum absolute atomic E-state index is 0.00992. The van der Waals surface area contributed by atoms with Gasteiger partial charge in [-0.25, -0.2) is 9.59 Å². The molecule has 8 aromatic rings. The first-order chi connectivity index (χ1) is 44.0. The lowest BCUT2D eigenvalue weighted by molar-refractivity contribution is -0.145. The lowest BCUT2D eigenvalue weighted by Crippen LogP contribution is -2.59. The average molecular weight is 1260 g/mol. The third-order valence-corrected chi connectivity index (χ3v) is 16.4. The van der Waals surface area contributed by atoms with Crippen LogP contribution in [0.2, 0.25) is 0 Å². The fourth-order valence-electron chi connectivity index (χ4n) is 12.0. The fraction of sp³-hybridized carbons (Fsp3) is 0.406. The minimum Gasteiger partial charge on any atom is -0.467 e. The Morgan fingerprint density at radius 3 is 1.28 bits per heavy atom. The predicted octanol–water partition coefficient (Wildman–Crippen LogP) is 6.57. The number of carbonyl (C=O) groups excluding carboxylic acids is 9. The third-order valence-electron chi connectivity index (χ3n) is 16.4. The van der Waals surface area contributed by atoms with E-state index in [1.165, 1.54) is 12.0 Å². The first kappa shape index (κ1) is 66.5. The van der Waals surface area contributed by atoms with E-state index in [-0.39, 0.29) is 63.3 Å². The predicted molar refractivity (Wildman–Crippen MR) is 349 cm³/mol. The number of H-pyrrole nitrogens is 4. The lowest BCUT2D eigenvalue weighted by atomic mass is 9.99. The molecule has 1 saturated heterocycles. The van der Waals surface area contributed by atoms with Crippen molar-refractivity contribution in [3.63, 3.8) is 0 Å². The molecule has 1 fully saturated rings. The van der Waals surface area contributed by atoms with Gasteiger partial charge in [-0.2, -0.15) is 0 Å². The number of ether oxygens (including phenoxy) is 2. The number of amides is 8. The lowest BCUT2D eigenvalue weighted by Gasteiger charge is -2.30. The Labute approximate surface area is 533 Å². The number of esters is 1. The van der Waals surface area contributed by atoms with Crippen molar-refractivity contribution in [3.8, 4) is 0 Å². The van der Waals surface area contributed by atoms with E-state index < -0.39 is 108 Å². The van der Waals surface area contributed by atoms with Crippen LogP contribution in [0.3, 0.4) is 0 Å². The summed E-state index contributed by atoms with van der Waals surface area (Å²) in [5.41, 5.74) is 5.29. The number of aromatic amines is 4. The number of carbonyl (C=O) groups is 9. The van der Waals surface area contributed by atoms with Gasteiger partial charge in [-0.1, -0.05) is 100 Å². The van der Waals surface area contributed by atoms with Crippen LogP contribution in [-0.4, -0.2) is 146 Å². The van der Waals surface area contributed by atoms with Gasteiger partial charge in [0.25, 0.3) is 0 Å². The van der Waals surface area contributed by atoms with Gasteiger partial charge in [0, 0.05) is 101 Å². The Hall–Kier alpha value is -9.93. The van der Waals surface area contributed by atoms with Crippen molar-refractivity contribution in [1.82, 2.24) is 62.1 Å². The maximum atomic E-state index is 15.2. The number of nitrogens with zero attached hydrogens (tertiary/aromatic N) is 1. The molecule has 8 amide bonds. The van der Waals surface area contributed by atoms with Crippen LogP contribution in [0.15, 0.2) is 122 Å². The van der Waals surface area contributed by atoms with Crippen molar-refractivity contribution in [2.45, 2.75) is 148 Å². The van der Waals surface area contributed by atoms with Gasteiger partial charge in [-0.05, 0) is 105 Å². The number of fused-ring (bicyclic) bond motifs is 4. The van der Waals surface area contributed by atoms with Crippen LogP contribution in [0.5, 0.6) is 0 Å². The second kappa shape index (κ2) is 29.8. The first-order valence-corrected chi connectivity index (χ1v) is 31.4. The molecule has 1 aliphatic rings. The van der Waals surface area contributed by atoms with Crippen LogP contribution in [0.4, 0.5) is 4.79 Å². The zero-order valence-corrected chi connectivity index (χ0v) is 53.3. The van der Waals surface area contributed by atoms with Gasteiger partial charge in [-0.15, -0.1) is 0 Å². The molecule has 92 heavy (non-hydrogen) atoms. The molecule has 0 unspecified atom stereocenters. The van der Waals surface area contributed by atoms with Crippen molar-refractivity contribution in [2.75, 3.05) is 20.2 Å². The molecule has 7 atom stereocenters. The molecule has 0 saturated carbocycles. The molecule has 4 aromatic heterocycles. The highest BCUT2D eigenvalue weighted by Crippen LogP contribution is 2.26. The molecule has 0 spiro atoms. The van der Waals surface area contributed by atoms with Gasteiger partial charge < -0.3 is 71.5 Å². The molecule has 0 bridgehead atoms. The summed E-state index contributed by atoms with van der Waals surface area (Å²) < 4.78 is 10.7. The zero-order valence-electron chi connectivity index (χ0n) is 53.3. The van der Waals surface area contributed by atoms with E-state index in [1.807, 2.05) is 125 Å². The number of para-hydroxylation sites is 4. The SMILES string of the molecule is COC(=O)[C@H](Cc1c[nH]c2ccccc12)NC(=O)[C@H](CC(C)C)NC(=O)[C@H](Cc1c[nH]c2ccccc12)NC(=O)CNC(=O)[C@H]1CCCN1C(=O)[C@H](Cc1c[nH]c2ccccc12)NC(=O)[C@H](CC(C)C)NC(=O)[C@H](Cc1c[nH]c2ccccc12)NC(=O)OC(C)(C)C. The van der Waals surface area contributed by atoms with Crippen LogP contribution < -0.4 is 37.2 Å². The van der Waals surface area contributed by atoms with Crippen LogP contribution >= 0.6 is 0 Å². The summed E-state index contributed by atoms with van der Waals surface area (Å²) in [6, 6.07) is 21.8. The minimum atomic E-state index is -1.28. The average Bonchev–Trinajstić information content (AvgIpc) is 1.68. The Morgan fingerprint density at radius 2 is 0.870 bits per heavy atom. The largest absolute Gasteiger partial charge is 0.467 e. The summed E-state index contributed by atoms with van der Waals surface area (Å²) in [7, 11) is 1.23. The number of hydrogen-bond donors (Lipinski definition) is 11. The van der Waals surface area contributed by atoms with Crippen molar-refractivity contribution in [2.24, 2.45) is 11.8 Å². The summed E-state index contributed by atoms with van der Waals surface area (Å²) in [4.78, 5) is 143. The zero-order chi connectivity index (χ0) is 65.8. The molecule has 9 rings (SSSR count). The van der Waals surface area contributed by atoms with E-state index in [9.17, 15) is 38.4 Å². The number of benzene rings is 4. The van der Waals surface area contributed by atoms with Crippen molar-refractivity contribution in [1.29, 1.82) is 0 Å². The smallest absolute Gasteiger partial charge is 0.408 e. The number of hydrogen-bond acceptors (Lipinski definition) is 11. The van der Waals surface area contributed by atoms with Crippen LogP contribution in [0.1, 0.15) is 96.4 Å². The van der Waals surface area contributed by atoms with Crippen LogP contribution in [0, 0.1) is 11.8 Å².